The number of amides is 2. The molecule has 126 valence electrons. The SMILES string of the molecule is Cc1ccc(C(=O)N2CCCN(C(=O)c3cc[nH]c3)CC2)cc1Cl. The van der Waals surface area contributed by atoms with Gasteiger partial charge in [-0.25, -0.2) is 0 Å². The number of aromatic amines is 1. The van der Waals surface area contributed by atoms with Crippen LogP contribution < -0.4 is 0 Å². The minimum atomic E-state index is -0.0344. The molecule has 1 fully saturated rings. The van der Waals surface area contributed by atoms with E-state index in [1.807, 2.05) is 13.0 Å². The Labute approximate surface area is 146 Å². The Kier molecular flexibility index (Phi) is 4.90. The molecule has 1 saturated heterocycles. The van der Waals surface area contributed by atoms with E-state index in [2.05, 4.69) is 4.98 Å². The maximum atomic E-state index is 12.7. The molecule has 1 N–H and O–H groups in total. The van der Waals surface area contributed by atoms with E-state index in [1.54, 1.807) is 40.4 Å². The van der Waals surface area contributed by atoms with Gasteiger partial charge in [-0.2, -0.15) is 0 Å². The van der Waals surface area contributed by atoms with Crippen molar-refractivity contribution in [3.63, 3.8) is 0 Å². The zero-order valence-electron chi connectivity index (χ0n) is 13.6. The van der Waals surface area contributed by atoms with Crippen molar-refractivity contribution in [2.75, 3.05) is 26.2 Å². The van der Waals surface area contributed by atoms with E-state index < -0.39 is 0 Å². The second kappa shape index (κ2) is 7.09. The number of carbonyl (C=O) groups is 2. The molecule has 2 heterocycles. The Morgan fingerprint density at radius 2 is 1.67 bits per heavy atom. The Morgan fingerprint density at radius 3 is 2.25 bits per heavy atom. The van der Waals surface area contributed by atoms with E-state index in [0.717, 1.165) is 12.0 Å². The second-order valence-corrected chi connectivity index (χ2v) is 6.41. The number of carbonyl (C=O) groups excluding carboxylic acids is 2. The van der Waals surface area contributed by atoms with Gasteiger partial charge in [-0.05, 0) is 37.1 Å². The van der Waals surface area contributed by atoms with Crippen molar-refractivity contribution in [3.05, 3.63) is 58.4 Å². The summed E-state index contributed by atoms with van der Waals surface area (Å²) in [5, 5.41) is 0.597. The minimum Gasteiger partial charge on any atom is -0.367 e. The Balaban J connectivity index is 1.67. The van der Waals surface area contributed by atoms with E-state index in [0.29, 0.717) is 42.3 Å². The number of hydrogen-bond acceptors (Lipinski definition) is 2. The summed E-state index contributed by atoms with van der Waals surface area (Å²) in [6.07, 6.45) is 4.20. The summed E-state index contributed by atoms with van der Waals surface area (Å²) in [6, 6.07) is 7.14. The molecule has 0 radical (unpaired) electrons. The zero-order chi connectivity index (χ0) is 17.1. The summed E-state index contributed by atoms with van der Waals surface area (Å²) < 4.78 is 0. The highest BCUT2D eigenvalue weighted by molar-refractivity contribution is 6.31. The highest BCUT2D eigenvalue weighted by Crippen LogP contribution is 2.19. The van der Waals surface area contributed by atoms with Crippen molar-refractivity contribution in [1.29, 1.82) is 0 Å². The lowest BCUT2D eigenvalue weighted by Gasteiger charge is -2.22. The number of halogens is 1. The Bertz CT molecular complexity index is 743. The van der Waals surface area contributed by atoms with Crippen molar-refractivity contribution < 1.29 is 9.59 Å². The maximum Gasteiger partial charge on any atom is 0.255 e. The van der Waals surface area contributed by atoms with E-state index in [9.17, 15) is 9.59 Å². The van der Waals surface area contributed by atoms with Crippen molar-refractivity contribution in [2.45, 2.75) is 13.3 Å². The van der Waals surface area contributed by atoms with Crippen LogP contribution in [0.25, 0.3) is 0 Å². The smallest absolute Gasteiger partial charge is 0.255 e. The molecule has 0 bridgehead atoms. The van der Waals surface area contributed by atoms with Gasteiger partial charge in [0.05, 0.1) is 5.56 Å². The molecular weight excluding hydrogens is 326 g/mol. The molecular formula is C18H20ClN3O2. The zero-order valence-corrected chi connectivity index (χ0v) is 14.3. The van der Waals surface area contributed by atoms with Gasteiger partial charge in [-0.3, -0.25) is 9.59 Å². The fourth-order valence-corrected chi connectivity index (χ4v) is 3.05. The number of rotatable bonds is 2. The van der Waals surface area contributed by atoms with E-state index in [4.69, 9.17) is 11.6 Å². The van der Waals surface area contributed by atoms with Crippen LogP contribution in [0.15, 0.2) is 36.7 Å². The number of aromatic nitrogens is 1. The van der Waals surface area contributed by atoms with Crippen molar-refractivity contribution in [2.24, 2.45) is 0 Å². The minimum absolute atomic E-state index is 0.00364. The van der Waals surface area contributed by atoms with Crippen LogP contribution in [0.3, 0.4) is 0 Å². The lowest BCUT2D eigenvalue weighted by atomic mass is 10.1. The van der Waals surface area contributed by atoms with Gasteiger partial charge < -0.3 is 14.8 Å². The van der Waals surface area contributed by atoms with E-state index >= 15 is 0 Å². The van der Waals surface area contributed by atoms with Gasteiger partial charge in [-0.1, -0.05) is 17.7 Å². The van der Waals surface area contributed by atoms with Gasteiger partial charge in [0, 0.05) is 49.2 Å². The highest BCUT2D eigenvalue weighted by Gasteiger charge is 2.23. The monoisotopic (exact) mass is 345 g/mol. The summed E-state index contributed by atoms with van der Waals surface area (Å²) in [5.74, 6) is -0.0308. The number of hydrogen-bond donors (Lipinski definition) is 1. The molecule has 6 heteroatoms. The first-order valence-corrected chi connectivity index (χ1v) is 8.41. The lowest BCUT2D eigenvalue weighted by Crippen LogP contribution is -2.37. The molecule has 1 aliphatic heterocycles. The number of H-pyrrole nitrogens is 1. The quantitative estimate of drug-likeness (QED) is 0.909. The van der Waals surface area contributed by atoms with Gasteiger partial charge in [0.15, 0.2) is 0 Å². The van der Waals surface area contributed by atoms with Crippen LogP contribution in [-0.2, 0) is 0 Å². The van der Waals surface area contributed by atoms with Crippen LogP contribution in [0.4, 0.5) is 0 Å². The van der Waals surface area contributed by atoms with Gasteiger partial charge >= 0.3 is 0 Å². The van der Waals surface area contributed by atoms with Crippen LogP contribution in [-0.4, -0.2) is 52.8 Å². The summed E-state index contributed by atoms with van der Waals surface area (Å²) >= 11 is 6.12. The van der Waals surface area contributed by atoms with Crippen LogP contribution in [0.5, 0.6) is 0 Å². The number of benzene rings is 1. The predicted octanol–water partition coefficient (Wildman–Crippen LogP) is 2.96. The topological polar surface area (TPSA) is 56.4 Å². The summed E-state index contributed by atoms with van der Waals surface area (Å²) in [6.45, 7) is 4.27. The summed E-state index contributed by atoms with van der Waals surface area (Å²) in [7, 11) is 0. The Morgan fingerprint density at radius 1 is 1.00 bits per heavy atom. The first-order valence-electron chi connectivity index (χ1n) is 8.04. The molecule has 1 aromatic heterocycles. The van der Waals surface area contributed by atoms with Crippen LogP contribution in [0, 0.1) is 6.92 Å². The molecule has 0 saturated carbocycles. The second-order valence-electron chi connectivity index (χ2n) is 6.00. The van der Waals surface area contributed by atoms with Gasteiger partial charge in [-0.15, -0.1) is 0 Å². The van der Waals surface area contributed by atoms with Crippen LogP contribution in [0.2, 0.25) is 5.02 Å². The molecule has 5 nitrogen and oxygen atoms in total. The Hall–Kier alpha value is -2.27. The largest absolute Gasteiger partial charge is 0.367 e. The van der Waals surface area contributed by atoms with Crippen LogP contribution in [0.1, 0.15) is 32.7 Å². The molecule has 1 aromatic carbocycles. The molecule has 3 rings (SSSR count). The third-order valence-electron chi connectivity index (χ3n) is 4.33. The molecule has 1 aliphatic rings. The van der Waals surface area contributed by atoms with Gasteiger partial charge in [0.1, 0.15) is 0 Å². The van der Waals surface area contributed by atoms with Crippen LogP contribution >= 0.6 is 11.6 Å². The molecule has 0 aliphatic carbocycles. The van der Waals surface area contributed by atoms with Crippen molar-refractivity contribution in [1.82, 2.24) is 14.8 Å². The third kappa shape index (κ3) is 3.46. The van der Waals surface area contributed by atoms with Crippen molar-refractivity contribution >= 4 is 23.4 Å². The normalized spacial score (nSPS) is 15.2. The molecule has 2 aromatic rings. The molecule has 24 heavy (non-hydrogen) atoms. The third-order valence-corrected chi connectivity index (χ3v) is 4.74. The lowest BCUT2D eigenvalue weighted by molar-refractivity contribution is 0.0719. The summed E-state index contributed by atoms with van der Waals surface area (Å²) in [5.41, 5.74) is 2.20. The molecule has 0 atom stereocenters. The van der Waals surface area contributed by atoms with E-state index in [1.165, 1.54) is 0 Å². The van der Waals surface area contributed by atoms with Gasteiger partial charge in [0.2, 0.25) is 0 Å². The fraction of sp³-hybridized carbons (Fsp3) is 0.333. The van der Waals surface area contributed by atoms with Crippen molar-refractivity contribution in [3.8, 4) is 0 Å². The fourth-order valence-electron chi connectivity index (χ4n) is 2.87. The first-order chi connectivity index (χ1) is 11.6. The predicted molar refractivity (Wildman–Crippen MR) is 93.4 cm³/mol. The van der Waals surface area contributed by atoms with Gasteiger partial charge in [0.25, 0.3) is 11.8 Å². The molecule has 2 amide bonds. The average Bonchev–Trinajstić information content (AvgIpc) is 3.00. The molecule has 0 spiro atoms. The summed E-state index contributed by atoms with van der Waals surface area (Å²) in [4.78, 5) is 31.6. The first kappa shape index (κ1) is 16.6. The highest BCUT2D eigenvalue weighted by atomic mass is 35.5. The number of nitrogens with zero attached hydrogens (tertiary/aromatic N) is 2. The number of nitrogens with one attached hydrogen (secondary N) is 1. The average molecular weight is 346 g/mol. The number of aryl methyl sites for hydroxylation is 1. The molecule has 0 unspecified atom stereocenters. The van der Waals surface area contributed by atoms with E-state index in [-0.39, 0.29) is 11.8 Å². The maximum absolute atomic E-state index is 12.7. The standard InChI is InChI=1S/C18H20ClN3O2/c1-13-3-4-14(11-16(13)19)17(23)21-7-2-8-22(10-9-21)18(24)15-5-6-20-12-15/h3-6,11-12,20H,2,7-10H2,1H3.